The smallest absolute Gasteiger partial charge is 0.220 e. The zero-order valence-corrected chi connectivity index (χ0v) is 11.8. The number of anilines is 2. The van der Waals surface area contributed by atoms with Crippen molar-refractivity contribution in [3.63, 3.8) is 0 Å². The van der Waals surface area contributed by atoms with Crippen LogP contribution < -0.4 is 16.0 Å². The summed E-state index contributed by atoms with van der Waals surface area (Å²) in [5, 5.41) is 3.00. The number of hydrogen-bond acceptors (Lipinski definition) is 5. The summed E-state index contributed by atoms with van der Waals surface area (Å²) < 4.78 is 0.852. The van der Waals surface area contributed by atoms with Crippen molar-refractivity contribution in [2.75, 3.05) is 30.4 Å². The third kappa shape index (κ3) is 2.55. The number of piperidine rings is 1. The molecule has 18 heavy (non-hydrogen) atoms. The molecule has 0 radical (unpaired) electrons. The molecule has 1 amide bonds. The SMILES string of the molecule is CNc1ncnc(N2CCC(C(N)=O)CC2)c1Br. The molecule has 1 fully saturated rings. The van der Waals surface area contributed by atoms with Crippen LogP contribution in [0.3, 0.4) is 0 Å². The summed E-state index contributed by atoms with van der Waals surface area (Å²) in [5.41, 5.74) is 5.32. The predicted molar refractivity (Wildman–Crippen MR) is 73.4 cm³/mol. The van der Waals surface area contributed by atoms with Crippen molar-refractivity contribution in [1.82, 2.24) is 9.97 Å². The zero-order chi connectivity index (χ0) is 13.1. The van der Waals surface area contributed by atoms with Crippen LogP contribution in [0.15, 0.2) is 10.8 Å². The number of primary amides is 1. The Morgan fingerprint density at radius 1 is 1.50 bits per heavy atom. The molecule has 1 aromatic heterocycles. The highest BCUT2D eigenvalue weighted by Crippen LogP contribution is 2.31. The fourth-order valence-corrected chi connectivity index (χ4v) is 2.78. The Hall–Kier alpha value is -1.37. The second-order valence-corrected chi connectivity index (χ2v) is 5.07. The van der Waals surface area contributed by atoms with Gasteiger partial charge in [0.1, 0.15) is 22.4 Å². The maximum absolute atomic E-state index is 11.1. The lowest BCUT2D eigenvalue weighted by molar-refractivity contribution is -0.122. The van der Waals surface area contributed by atoms with E-state index in [2.05, 4.69) is 36.1 Å². The topological polar surface area (TPSA) is 84.1 Å². The first-order valence-electron chi connectivity index (χ1n) is 5.86. The molecule has 0 saturated carbocycles. The van der Waals surface area contributed by atoms with Crippen molar-refractivity contribution in [2.45, 2.75) is 12.8 Å². The van der Waals surface area contributed by atoms with E-state index in [1.54, 1.807) is 0 Å². The molecule has 98 valence electrons. The van der Waals surface area contributed by atoms with E-state index in [0.717, 1.165) is 42.0 Å². The molecule has 0 bridgehead atoms. The molecule has 0 spiro atoms. The molecule has 0 aromatic carbocycles. The van der Waals surface area contributed by atoms with Crippen LogP contribution in [0.25, 0.3) is 0 Å². The van der Waals surface area contributed by atoms with Crippen LogP contribution in [-0.2, 0) is 4.79 Å². The van der Waals surface area contributed by atoms with Gasteiger partial charge in [0, 0.05) is 26.1 Å². The van der Waals surface area contributed by atoms with E-state index in [1.807, 2.05) is 7.05 Å². The molecule has 0 atom stereocenters. The molecule has 0 unspecified atom stereocenters. The van der Waals surface area contributed by atoms with E-state index in [0.29, 0.717) is 0 Å². The summed E-state index contributed by atoms with van der Waals surface area (Å²) in [4.78, 5) is 21.7. The number of nitrogens with two attached hydrogens (primary N) is 1. The number of carbonyl (C=O) groups is 1. The highest BCUT2D eigenvalue weighted by atomic mass is 79.9. The molecule has 1 aromatic rings. The minimum atomic E-state index is -0.202. The molecule has 2 rings (SSSR count). The van der Waals surface area contributed by atoms with Crippen LogP contribution in [0.2, 0.25) is 0 Å². The van der Waals surface area contributed by atoms with E-state index in [9.17, 15) is 4.79 Å². The van der Waals surface area contributed by atoms with Crippen LogP contribution in [0, 0.1) is 5.92 Å². The van der Waals surface area contributed by atoms with Gasteiger partial charge >= 0.3 is 0 Å². The van der Waals surface area contributed by atoms with Crippen LogP contribution in [-0.4, -0.2) is 36.0 Å². The van der Waals surface area contributed by atoms with E-state index < -0.39 is 0 Å². The highest BCUT2D eigenvalue weighted by Gasteiger charge is 2.25. The van der Waals surface area contributed by atoms with Crippen molar-refractivity contribution >= 4 is 33.5 Å². The molecule has 1 saturated heterocycles. The molecule has 6 nitrogen and oxygen atoms in total. The summed E-state index contributed by atoms with van der Waals surface area (Å²) in [5.74, 6) is 1.41. The molecule has 7 heteroatoms. The fraction of sp³-hybridized carbons (Fsp3) is 0.545. The van der Waals surface area contributed by atoms with Crippen LogP contribution >= 0.6 is 15.9 Å². The molecule has 0 aliphatic carbocycles. The third-order valence-corrected chi connectivity index (χ3v) is 3.93. The standard InChI is InChI=1S/C11H16BrN5O/c1-14-10-8(12)11(16-6-15-10)17-4-2-7(3-5-17)9(13)18/h6-7H,2-5H2,1H3,(H2,13,18)(H,14,15,16). The first-order valence-corrected chi connectivity index (χ1v) is 6.65. The van der Waals surface area contributed by atoms with Gasteiger partial charge in [-0.25, -0.2) is 9.97 Å². The first-order chi connectivity index (χ1) is 8.63. The summed E-state index contributed by atoms with van der Waals surface area (Å²) in [6.45, 7) is 1.57. The normalized spacial score (nSPS) is 16.7. The van der Waals surface area contributed by atoms with Crippen molar-refractivity contribution in [3.05, 3.63) is 10.8 Å². The lowest BCUT2D eigenvalue weighted by Gasteiger charge is -2.32. The van der Waals surface area contributed by atoms with Gasteiger partial charge in [0.15, 0.2) is 0 Å². The van der Waals surface area contributed by atoms with Gasteiger partial charge in [0.25, 0.3) is 0 Å². The van der Waals surface area contributed by atoms with Gasteiger partial charge in [0.05, 0.1) is 0 Å². The van der Waals surface area contributed by atoms with Gasteiger partial charge in [-0.1, -0.05) is 0 Å². The van der Waals surface area contributed by atoms with Gasteiger partial charge < -0.3 is 16.0 Å². The summed E-state index contributed by atoms with van der Waals surface area (Å²) in [6.07, 6.45) is 3.09. The van der Waals surface area contributed by atoms with Gasteiger partial charge in [-0.05, 0) is 28.8 Å². The van der Waals surface area contributed by atoms with E-state index in [-0.39, 0.29) is 11.8 Å². The van der Waals surface area contributed by atoms with Crippen molar-refractivity contribution in [3.8, 4) is 0 Å². The number of nitrogens with zero attached hydrogens (tertiary/aromatic N) is 3. The van der Waals surface area contributed by atoms with Gasteiger partial charge in [0.2, 0.25) is 5.91 Å². The van der Waals surface area contributed by atoms with Crippen molar-refractivity contribution in [1.29, 1.82) is 0 Å². The maximum Gasteiger partial charge on any atom is 0.220 e. The number of hydrogen-bond donors (Lipinski definition) is 2. The Labute approximate surface area is 114 Å². The van der Waals surface area contributed by atoms with Gasteiger partial charge in [-0.15, -0.1) is 0 Å². The minimum Gasteiger partial charge on any atom is -0.372 e. The number of halogens is 1. The second-order valence-electron chi connectivity index (χ2n) is 4.27. The molecular formula is C11H16BrN5O. The summed E-state index contributed by atoms with van der Waals surface area (Å²) in [7, 11) is 1.82. The Bertz CT molecular complexity index is 445. The average molecular weight is 314 g/mol. The largest absolute Gasteiger partial charge is 0.372 e. The van der Waals surface area contributed by atoms with Crippen LogP contribution in [0.5, 0.6) is 0 Å². The van der Waals surface area contributed by atoms with Crippen LogP contribution in [0.4, 0.5) is 11.6 Å². The number of rotatable bonds is 3. The van der Waals surface area contributed by atoms with Crippen molar-refractivity contribution < 1.29 is 4.79 Å². The van der Waals surface area contributed by atoms with Gasteiger partial charge in [-0.3, -0.25) is 4.79 Å². The van der Waals surface area contributed by atoms with E-state index >= 15 is 0 Å². The Morgan fingerprint density at radius 2 is 2.17 bits per heavy atom. The van der Waals surface area contributed by atoms with Crippen LogP contribution in [0.1, 0.15) is 12.8 Å². The lowest BCUT2D eigenvalue weighted by Crippen LogP contribution is -2.39. The molecule has 2 heterocycles. The fourth-order valence-electron chi connectivity index (χ4n) is 2.13. The third-order valence-electron chi connectivity index (χ3n) is 3.20. The van der Waals surface area contributed by atoms with E-state index in [4.69, 9.17) is 5.73 Å². The van der Waals surface area contributed by atoms with Crippen molar-refractivity contribution in [2.24, 2.45) is 11.7 Å². The lowest BCUT2D eigenvalue weighted by atomic mass is 9.96. The van der Waals surface area contributed by atoms with Gasteiger partial charge in [-0.2, -0.15) is 0 Å². The minimum absolute atomic E-state index is 0.00867. The Balaban J connectivity index is 2.12. The summed E-state index contributed by atoms with van der Waals surface area (Å²) >= 11 is 3.50. The molecular weight excluding hydrogens is 298 g/mol. The second kappa shape index (κ2) is 5.51. The van der Waals surface area contributed by atoms with E-state index in [1.165, 1.54) is 6.33 Å². The predicted octanol–water partition coefficient (Wildman–Crippen LogP) is 0.982. The summed E-state index contributed by atoms with van der Waals surface area (Å²) in [6, 6.07) is 0. The number of carbonyl (C=O) groups excluding carboxylic acids is 1. The quantitative estimate of drug-likeness (QED) is 0.869. The number of amides is 1. The molecule has 1 aliphatic rings. The zero-order valence-electron chi connectivity index (χ0n) is 10.2. The average Bonchev–Trinajstić information content (AvgIpc) is 2.39. The molecule has 1 aliphatic heterocycles. The monoisotopic (exact) mass is 313 g/mol. The maximum atomic E-state index is 11.1. The number of aromatic nitrogens is 2. The highest BCUT2D eigenvalue weighted by molar-refractivity contribution is 9.10. The number of nitrogens with one attached hydrogen (secondary N) is 1. The Kier molecular flexibility index (Phi) is 4.00. The molecule has 3 N–H and O–H groups in total. The Morgan fingerprint density at radius 3 is 2.72 bits per heavy atom. The first kappa shape index (κ1) is 13.1.